The molecule has 0 bridgehead atoms. The van der Waals surface area contributed by atoms with Crippen LogP contribution in [-0.4, -0.2) is 36.0 Å². The molecule has 0 unspecified atom stereocenters. The first kappa shape index (κ1) is 14.5. The zero-order valence-corrected chi connectivity index (χ0v) is 11.4. The average molecular weight is 268 g/mol. The second kappa shape index (κ2) is 6.53. The second-order valence-corrected chi connectivity index (χ2v) is 5.78. The molecule has 1 saturated heterocycles. The van der Waals surface area contributed by atoms with Crippen molar-refractivity contribution in [3.63, 3.8) is 0 Å². The van der Waals surface area contributed by atoms with Crippen LogP contribution in [0.1, 0.15) is 38.5 Å². The van der Waals surface area contributed by atoms with Crippen LogP contribution in [0.4, 0.5) is 0 Å². The van der Waals surface area contributed by atoms with E-state index < -0.39 is 5.41 Å². The first-order chi connectivity index (χ1) is 9.23. The largest absolute Gasteiger partial charge is 0.465 e. The lowest BCUT2D eigenvalue weighted by molar-refractivity contribution is -0.162. The number of aliphatic hydroxyl groups is 2. The molecule has 1 aliphatic carbocycles. The highest BCUT2D eigenvalue weighted by Crippen LogP contribution is 2.45. The zero-order valence-electron chi connectivity index (χ0n) is 11.4. The van der Waals surface area contributed by atoms with Gasteiger partial charge in [0.25, 0.3) is 0 Å². The lowest BCUT2D eigenvalue weighted by atomic mass is 9.64. The van der Waals surface area contributed by atoms with Crippen molar-refractivity contribution in [1.82, 2.24) is 0 Å². The van der Waals surface area contributed by atoms with E-state index in [-0.39, 0.29) is 31.0 Å². The summed E-state index contributed by atoms with van der Waals surface area (Å²) in [6.45, 7) is 0.486. The Labute approximate surface area is 114 Å². The van der Waals surface area contributed by atoms with Crippen molar-refractivity contribution < 1.29 is 19.7 Å². The number of rotatable bonds is 2. The van der Waals surface area contributed by atoms with Crippen molar-refractivity contribution in [2.45, 2.75) is 38.5 Å². The van der Waals surface area contributed by atoms with Crippen molar-refractivity contribution in [2.24, 2.45) is 17.3 Å². The van der Waals surface area contributed by atoms with Gasteiger partial charge in [0.05, 0.1) is 18.6 Å². The molecule has 108 valence electrons. The van der Waals surface area contributed by atoms with E-state index in [9.17, 15) is 15.0 Å². The lowest BCUT2D eigenvalue weighted by Gasteiger charge is -2.41. The Bertz CT molecular complexity index is 339. The number of aliphatic hydroxyl groups excluding tert-OH is 2. The van der Waals surface area contributed by atoms with Crippen LogP contribution in [0.15, 0.2) is 12.2 Å². The highest BCUT2D eigenvalue weighted by Gasteiger charge is 2.48. The molecule has 19 heavy (non-hydrogen) atoms. The Morgan fingerprint density at radius 3 is 2.68 bits per heavy atom. The third-order valence-electron chi connectivity index (χ3n) is 4.54. The van der Waals surface area contributed by atoms with Crippen molar-refractivity contribution in [2.75, 3.05) is 19.8 Å². The lowest BCUT2D eigenvalue weighted by Crippen LogP contribution is -2.44. The van der Waals surface area contributed by atoms with Gasteiger partial charge in [0.2, 0.25) is 0 Å². The van der Waals surface area contributed by atoms with Crippen LogP contribution < -0.4 is 0 Å². The molecule has 0 radical (unpaired) electrons. The Balaban J connectivity index is 2.26. The fraction of sp³-hybridized carbons (Fsp3) is 0.800. The SMILES string of the molecule is O=C1OCCCCCC[C@]12C[C@@H](CO)C=C[C@H]2CO. The summed E-state index contributed by atoms with van der Waals surface area (Å²) in [4.78, 5) is 12.5. The number of esters is 1. The molecule has 1 fully saturated rings. The topological polar surface area (TPSA) is 66.8 Å². The van der Waals surface area contributed by atoms with E-state index >= 15 is 0 Å². The van der Waals surface area contributed by atoms with Gasteiger partial charge < -0.3 is 14.9 Å². The van der Waals surface area contributed by atoms with Crippen molar-refractivity contribution in [3.05, 3.63) is 12.2 Å². The maximum Gasteiger partial charge on any atom is 0.312 e. The summed E-state index contributed by atoms with van der Waals surface area (Å²) in [6.07, 6.45) is 9.25. The van der Waals surface area contributed by atoms with E-state index in [0.29, 0.717) is 13.0 Å². The molecule has 2 N–H and O–H groups in total. The quantitative estimate of drug-likeness (QED) is 0.590. The first-order valence-corrected chi connectivity index (χ1v) is 7.30. The van der Waals surface area contributed by atoms with Gasteiger partial charge in [-0.15, -0.1) is 0 Å². The van der Waals surface area contributed by atoms with Gasteiger partial charge in [-0.25, -0.2) is 0 Å². The molecule has 1 heterocycles. The molecular weight excluding hydrogens is 244 g/mol. The van der Waals surface area contributed by atoms with Gasteiger partial charge in [-0.05, 0) is 19.3 Å². The molecule has 3 atom stereocenters. The van der Waals surface area contributed by atoms with Crippen molar-refractivity contribution in [3.8, 4) is 0 Å². The van der Waals surface area contributed by atoms with Crippen LogP contribution in [-0.2, 0) is 9.53 Å². The van der Waals surface area contributed by atoms with Gasteiger partial charge in [-0.3, -0.25) is 4.79 Å². The van der Waals surface area contributed by atoms with Crippen LogP contribution in [0, 0.1) is 17.3 Å². The normalized spacial score (nSPS) is 36.4. The molecule has 4 heteroatoms. The third kappa shape index (κ3) is 3.00. The van der Waals surface area contributed by atoms with Crippen LogP contribution in [0.2, 0.25) is 0 Å². The Hall–Kier alpha value is -0.870. The maximum absolute atomic E-state index is 12.5. The maximum atomic E-state index is 12.5. The summed E-state index contributed by atoms with van der Waals surface area (Å²) >= 11 is 0. The molecule has 0 amide bonds. The van der Waals surface area contributed by atoms with Gasteiger partial charge in [0.15, 0.2) is 0 Å². The number of cyclic esters (lactones) is 1. The van der Waals surface area contributed by atoms with Crippen LogP contribution in [0.3, 0.4) is 0 Å². The number of ether oxygens (including phenoxy) is 1. The van der Waals surface area contributed by atoms with Crippen LogP contribution in [0.25, 0.3) is 0 Å². The Morgan fingerprint density at radius 1 is 1.16 bits per heavy atom. The van der Waals surface area contributed by atoms with E-state index in [0.717, 1.165) is 32.1 Å². The standard InChI is InChI=1S/C15H24O4/c16-10-12-5-6-13(11-17)15(9-12)7-3-1-2-4-8-19-14(15)18/h5-6,12-13,16-17H,1-4,7-11H2/t12-,13-,15+/m0/s1. The third-order valence-corrected chi connectivity index (χ3v) is 4.54. The minimum atomic E-state index is -0.638. The monoisotopic (exact) mass is 268 g/mol. The minimum absolute atomic E-state index is 0.00361. The Kier molecular flexibility index (Phi) is 4.99. The molecule has 0 aromatic heterocycles. The van der Waals surface area contributed by atoms with Gasteiger partial charge in [-0.2, -0.15) is 0 Å². The van der Waals surface area contributed by atoms with Gasteiger partial charge >= 0.3 is 5.97 Å². The zero-order chi connectivity index (χ0) is 13.7. The summed E-state index contributed by atoms with van der Waals surface area (Å²) in [5.74, 6) is -0.367. The van der Waals surface area contributed by atoms with Crippen LogP contribution in [0.5, 0.6) is 0 Å². The summed E-state index contributed by atoms with van der Waals surface area (Å²) < 4.78 is 5.42. The summed E-state index contributed by atoms with van der Waals surface area (Å²) in [5, 5.41) is 19.0. The van der Waals surface area contributed by atoms with Crippen molar-refractivity contribution in [1.29, 1.82) is 0 Å². The average Bonchev–Trinajstić information content (AvgIpc) is 2.52. The predicted octanol–water partition coefficient (Wildman–Crippen LogP) is 1.66. The van der Waals surface area contributed by atoms with E-state index in [2.05, 4.69) is 0 Å². The van der Waals surface area contributed by atoms with Crippen LogP contribution >= 0.6 is 0 Å². The fourth-order valence-electron chi connectivity index (χ4n) is 3.35. The molecule has 1 aliphatic heterocycles. The first-order valence-electron chi connectivity index (χ1n) is 7.30. The van der Waals surface area contributed by atoms with E-state index in [1.807, 2.05) is 12.2 Å². The number of carbonyl (C=O) groups is 1. The highest BCUT2D eigenvalue weighted by atomic mass is 16.5. The second-order valence-electron chi connectivity index (χ2n) is 5.78. The highest BCUT2D eigenvalue weighted by molar-refractivity contribution is 5.78. The smallest absolute Gasteiger partial charge is 0.312 e. The molecule has 2 rings (SSSR count). The summed E-state index contributed by atoms with van der Waals surface area (Å²) in [5.41, 5.74) is -0.638. The van der Waals surface area contributed by atoms with Crippen molar-refractivity contribution >= 4 is 5.97 Å². The summed E-state index contributed by atoms with van der Waals surface area (Å²) in [7, 11) is 0. The van der Waals surface area contributed by atoms with E-state index in [1.165, 1.54) is 0 Å². The Morgan fingerprint density at radius 2 is 1.95 bits per heavy atom. The van der Waals surface area contributed by atoms with E-state index in [1.54, 1.807) is 0 Å². The number of carbonyl (C=O) groups excluding carboxylic acids is 1. The summed E-state index contributed by atoms with van der Waals surface area (Å²) in [6, 6.07) is 0. The number of hydrogen-bond donors (Lipinski definition) is 2. The minimum Gasteiger partial charge on any atom is -0.465 e. The molecule has 0 aromatic rings. The molecule has 0 saturated carbocycles. The molecule has 1 spiro atoms. The molecule has 4 nitrogen and oxygen atoms in total. The predicted molar refractivity (Wildman–Crippen MR) is 71.4 cm³/mol. The molecular formula is C15H24O4. The van der Waals surface area contributed by atoms with E-state index in [4.69, 9.17) is 4.74 Å². The van der Waals surface area contributed by atoms with Gasteiger partial charge in [0.1, 0.15) is 0 Å². The fourth-order valence-corrected chi connectivity index (χ4v) is 3.35. The number of hydrogen-bond acceptors (Lipinski definition) is 4. The molecule has 2 aliphatic rings. The van der Waals surface area contributed by atoms with Gasteiger partial charge in [-0.1, -0.05) is 31.4 Å². The van der Waals surface area contributed by atoms with Gasteiger partial charge in [0, 0.05) is 18.4 Å². The molecule has 0 aromatic carbocycles.